The first-order valence-corrected chi connectivity index (χ1v) is 23.9. The molecular weight excluding hydrogens is 705 g/mol. The fourth-order valence-corrected chi connectivity index (χ4v) is 17.9. The van der Waals surface area contributed by atoms with Gasteiger partial charge in [0.1, 0.15) is 5.78 Å². The smallest absolute Gasteiger partial charge is 0.261 e. The van der Waals surface area contributed by atoms with E-state index in [1.54, 1.807) is 0 Å². The van der Waals surface area contributed by atoms with Crippen LogP contribution in [0.1, 0.15) is 59.9 Å². The zero-order chi connectivity index (χ0) is 38.1. The minimum absolute atomic E-state index is 0.000907. The van der Waals surface area contributed by atoms with Crippen LogP contribution in [0.15, 0.2) is 150 Å². The Labute approximate surface area is 322 Å². The van der Waals surface area contributed by atoms with Gasteiger partial charge < -0.3 is 8.85 Å². The second kappa shape index (κ2) is 17.6. The summed E-state index contributed by atoms with van der Waals surface area (Å²) in [5.41, 5.74) is 1.10. The first kappa shape index (κ1) is 40.5. The molecule has 0 aliphatic rings. The van der Waals surface area contributed by atoms with Gasteiger partial charge in [-0.25, -0.2) is 0 Å². The maximum atomic E-state index is 13.5. The van der Waals surface area contributed by atoms with Crippen LogP contribution in [0.5, 0.6) is 0 Å². The fourth-order valence-electron chi connectivity index (χ4n) is 7.58. The zero-order valence-electron chi connectivity index (χ0n) is 32.5. The lowest BCUT2D eigenvalue weighted by Gasteiger charge is -2.45. The van der Waals surface area contributed by atoms with Crippen LogP contribution in [0.3, 0.4) is 0 Å². The standard InChI is InChI=1S/C46H56O4SSi2/c1-37-28-32-40(33-29-37)51(48)36-39(47)31-30-38(34-49-52(45(2,3)4,41-20-12-8-13-21-41)42-22-14-9-15-23-42)35-50-53(46(5,6)7,43-24-16-10-17-25-43)44-26-18-11-19-27-44/h8-29,32-33,38H,30-31,34-36H2,1-7H3/t51-/m1/s1. The normalized spacial score (nSPS) is 13.2. The number of ketones is 1. The SMILES string of the molecule is Cc1ccc([S@](=O)CC(=O)CCC(CO[Si](c2ccccc2)(c2ccccc2)C(C)(C)C)CO[Si](c2ccccc2)(c2ccccc2)C(C)(C)C)cc1. The average molecular weight is 761 g/mol. The Morgan fingerprint density at radius 1 is 0.566 bits per heavy atom. The number of hydrogen-bond donors (Lipinski definition) is 0. The highest BCUT2D eigenvalue weighted by Crippen LogP contribution is 2.39. The van der Waals surface area contributed by atoms with Crippen molar-refractivity contribution in [1.29, 1.82) is 0 Å². The predicted octanol–water partition coefficient (Wildman–Crippen LogP) is 8.22. The Balaban J connectivity index is 1.51. The maximum Gasteiger partial charge on any atom is 0.261 e. The number of Topliss-reactive ketones (excluding diaryl/α,β-unsaturated/α-hetero) is 1. The third-order valence-corrected chi connectivity index (χ3v) is 21.7. The van der Waals surface area contributed by atoms with Gasteiger partial charge in [-0.05, 0) is 56.3 Å². The summed E-state index contributed by atoms with van der Waals surface area (Å²) in [4.78, 5) is 14.2. The van der Waals surface area contributed by atoms with E-state index < -0.39 is 27.4 Å². The lowest BCUT2D eigenvalue weighted by molar-refractivity contribution is -0.117. The monoisotopic (exact) mass is 760 g/mol. The molecule has 0 aromatic heterocycles. The molecule has 0 unspecified atom stereocenters. The van der Waals surface area contributed by atoms with Crippen molar-refractivity contribution < 1.29 is 17.9 Å². The molecule has 4 nitrogen and oxygen atoms in total. The number of rotatable bonds is 16. The first-order chi connectivity index (χ1) is 25.3. The number of carbonyl (C=O) groups is 1. The van der Waals surface area contributed by atoms with Crippen molar-refractivity contribution in [3.05, 3.63) is 151 Å². The van der Waals surface area contributed by atoms with E-state index in [9.17, 15) is 9.00 Å². The van der Waals surface area contributed by atoms with Crippen molar-refractivity contribution in [2.24, 2.45) is 5.92 Å². The van der Waals surface area contributed by atoms with Crippen molar-refractivity contribution in [2.75, 3.05) is 19.0 Å². The van der Waals surface area contributed by atoms with E-state index in [0.29, 0.717) is 31.0 Å². The highest BCUT2D eigenvalue weighted by molar-refractivity contribution is 7.85. The van der Waals surface area contributed by atoms with Crippen LogP contribution in [0, 0.1) is 12.8 Å². The number of carbonyl (C=O) groups excluding carboxylic acids is 1. The number of aryl methyl sites for hydroxylation is 1. The molecule has 1 atom stereocenters. The Morgan fingerprint density at radius 2 is 0.906 bits per heavy atom. The Bertz CT molecular complexity index is 1720. The largest absolute Gasteiger partial charge is 0.407 e. The third kappa shape index (κ3) is 9.33. The van der Waals surface area contributed by atoms with Crippen LogP contribution >= 0.6 is 0 Å². The molecule has 0 aliphatic heterocycles. The van der Waals surface area contributed by atoms with Gasteiger partial charge in [-0.15, -0.1) is 0 Å². The van der Waals surface area contributed by atoms with Gasteiger partial charge >= 0.3 is 0 Å². The third-order valence-electron chi connectivity index (χ3n) is 10.3. The molecular formula is C46H56O4SSi2. The van der Waals surface area contributed by atoms with Crippen LogP contribution in [0.25, 0.3) is 0 Å². The van der Waals surface area contributed by atoms with Crippen LogP contribution < -0.4 is 20.7 Å². The summed E-state index contributed by atoms with van der Waals surface area (Å²) in [6.07, 6.45) is 0.872. The summed E-state index contributed by atoms with van der Waals surface area (Å²) >= 11 is 0. The first-order valence-electron chi connectivity index (χ1n) is 18.7. The molecule has 278 valence electrons. The molecule has 0 bridgehead atoms. The summed E-state index contributed by atoms with van der Waals surface area (Å²) < 4.78 is 28.2. The van der Waals surface area contributed by atoms with Gasteiger partial charge in [0.05, 0.1) is 16.6 Å². The van der Waals surface area contributed by atoms with E-state index in [4.69, 9.17) is 8.85 Å². The fraction of sp³-hybridized carbons (Fsp3) is 0.326. The summed E-state index contributed by atoms with van der Waals surface area (Å²) in [6, 6.07) is 50.3. The summed E-state index contributed by atoms with van der Waals surface area (Å²) in [7, 11) is -7.11. The summed E-state index contributed by atoms with van der Waals surface area (Å²) in [5, 5.41) is 4.48. The van der Waals surface area contributed by atoms with E-state index >= 15 is 0 Å². The maximum absolute atomic E-state index is 13.5. The van der Waals surface area contributed by atoms with Gasteiger partial charge in [0, 0.05) is 30.4 Å². The van der Waals surface area contributed by atoms with Gasteiger partial charge in [-0.2, -0.15) is 0 Å². The van der Waals surface area contributed by atoms with Crippen molar-refractivity contribution in [1.82, 2.24) is 0 Å². The van der Waals surface area contributed by atoms with Crippen molar-refractivity contribution in [3.63, 3.8) is 0 Å². The van der Waals surface area contributed by atoms with Crippen LogP contribution in [0.2, 0.25) is 10.1 Å². The minimum atomic E-state index is -2.86. The lowest BCUT2D eigenvalue weighted by atomic mass is 10.0. The molecule has 5 aromatic carbocycles. The topological polar surface area (TPSA) is 52.6 Å². The van der Waals surface area contributed by atoms with Crippen molar-refractivity contribution in [2.45, 2.75) is 76.3 Å². The molecule has 0 spiro atoms. The molecule has 53 heavy (non-hydrogen) atoms. The lowest BCUT2D eigenvalue weighted by Crippen LogP contribution is -2.67. The average Bonchev–Trinajstić information content (AvgIpc) is 3.15. The number of hydrogen-bond acceptors (Lipinski definition) is 4. The van der Waals surface area contributed by atoms with Crippen molar-refractivity contribution in [3.8, 4) is 0 Å². The second-order valence-corrected chi connectivity index (χ2v) is 26.3. The second-order valence-electron chi connectivity index (χ2n) is 16.2. The summed E-state index contributed by atoms with van der Waals surface area (Å²) in [5.74, 6) is -0.0964. The molecule has 5 aromatic rings. The number of benzene rings is 5. The van der Waals surface area contributed by atoms with E-state index in [-0.39, 0.29) is 27.5 Å². The molecule has 0 saturated carbocycles. The minimum Gasteiger partial charge on any atom is -0.407 e. The van der Waals surface area contributed by atoms with Gasteiger partial charge in [0.25, 0.3) is 16.6 Å². The molecule has 0 radical (unpaired) electrons. The van der Waals surface area contributed by atoms with Crippen LogP contribution in [-0.2, 0) is 24.4 Å². The molecule has 0 aliphatic carbocycles. The molecule has 0 amide bonds. The Morgan fingerprint density at radius 3 is 1.23 bits per heavy atom. The highest BCUT2D eigenvalue weighted by atomic mass is 32.2. The molecule has 5 rings (SSSR count). The van der Waals surface area contributed by atoms with E-state index in [0.717, 1.165) is 5.56 Å². The Kier molecular flexibility index (Phi) is 13.4. The quantitative estimate of drug-likeness (QED) is 0.0953. The molecule has 0 heterocycles. The molecule has 0 saturated heterocycles. The van der Waals surface area contributed by atoms with E-state index in [1.165, 1.54) is 20.7 Å². The van der Waals surface area contributed by atoms with Gasteiger partial charge in [0.15, 0.2) is 0 Å². The molecule has 7 heteroatoms. The van der Waals surface area contributed by atoms with Gasteiger partial charge in [0.2, 0.25) is 0 Å². The molecule has 0 fully saturated rings. The molecule has 0 N–H and O–H groups in total. The van der Waals surface area contributed by atoms with Crippen LogP contribution in [0.4, 0.5) is 0 Å². The zero-order valence-corrected chi connectivity index (χ0v) is 35.3. The van der Waals surface area contributed by atoms with Gasteiger partial charge in [-0.3, -0.25) is 9.00 Å². The Hall–Kier alpha value is -3.73. The highest BCUT2D eigenvalue weighted by Gasteiger charge is 2.52. The van der Waals surface area contributed by atoms with Crippen molar-refractivity contribution >= 4 is 54.0 Å². The van der Waals surface area contributed by atoms with E-state index in [1.807, 2.05) is 31.2 Å². The predicted molar refractivity (Wildman–Crippen MR) is 227 cm³/mol. The van der Waals surface area contributed by atoms with E-state index in [2.05, 4.69) is 163 Å². The van der Waals surface area contributed by atoms with Crippen LogP contribution in [-0.4, -0.2) is 45.6 Å². The van der Waals surface area contributed by atoms with Gasteiger partial charge in [-0.1, -0.05) is 181 Å². The summed E-state index contributed by atoms with van der Waals surface area (Å²) in [6.45, 7) is 16.6.